The monoisotopic (exact) mass is 350 g/mol. The number of aromatic nitrogens is 2. The molecular weight excluding hydrogens is 324 g/mol. The van der Waals surface area contributed by atoms with E-state index in [1.54, 1.807) is 11.1 Å². The summed E-state index contributed by atoms with van der Waals surface area (Å²) in [6.07, 6.45) is 6.54. The average Bonchev–Trinajstić information content (AvgIpc) is 3.14. The summed E-state index contributed by atoms with van der Waals surface area (Å²) in [6.45, 7) is 4.55. The van der Waals surface area contributed by atoms with Crippen molar-refractivity contribution < 1.29 is 4.79 Å². The van der Waals surface area contributed by atoms with Gasteiger partial charge in [0, 0.05) is 50.8 Å². The average molecular weight is 350 g/mol. The van der Waals surface area contributed by atoms with Crippen LogP contribution in [0.25, 0.3) is 5.65 Å². The molecule has 2 heterocycles. The Kier molecular flexibility index (Phi) is 5.68. The van der Waals surface area contributed by atoms with Crippen LogP contribution in [0.1, 0.15) is 28.4 Å². The fourth-order valence-electron chi connectivity index (χ4n) is 2.96. The van der Waals surface area contributed by atoms with E-state index in [1.807, 2.05) is 36.0 Å². The second-order valence-corrected chi connectivity index (χ2v) is 6.74. The number of rotatable bonds is 7. The number of fused-ring (bicyclic) bond motifs is 1. The number of hydrogen-bond donors (Lipinski definition) is 0. The standard InChI is InChI=1S/C21H26N4O/c1-4-17-5-7-18(8-6-17)16-23(2)13-14-24(3)21(26)19-9-11-25-12-10-22-20(25)15-19/h5-12,15H,4,13-14,16H2,1-3H3. The van der Waals surface area contributed by atoms with Crippen molar-refractivity contribution in [3.63, 3.8) is 0 Å². The minimum Gasteiger partial charge on any atom is -0.340 e. The summed E-state index contributed by atoms with van der Waals surface area (Å²) in [5.74, 6) is 0.0243. The molecule has 0 aliphatic heterocycles. The maximum atomic E-state index is 12.6. The van der Waals surface area contributed by atoms with E-state index in [-0.39, 0.29) is 5.91 Å². The van der Waals surface area contributed by atoms with Crippen molar-refractivity contribution in [2.75, 3.05) is 27.2 Å². The summed E-state index contributed by atoms with van der Waals surface area (Å²) in [5.41, 5.74) is 4.11. The molecule has 3 rings (SSSR count). The second kappa shape index (κ2) is 8.15. The zero-order chi connectivity index (χ0) is 18.5. The molecule has 0 fully saturated rings. The van der Waals surface area contributed by atoms with Gasteiger partial charge in [0.2, 0.25) is 0 Å². The van der Waals surface area contributed by atoms with Crippen LogP contribution < -0.4 is 0 Å². The first-order valence-electron chi connectivity index (χ1n) is 9.01. The molecule has 0 saturated carbocycles. The number of nitrogens with zero attached hydrogens (tertiary/aromatic N) is 4. The van der Waals surface area contributed by atoms with Crippen molar-refractivity contribution in [2.45, 2.75) is 19.9 Å². The zero-order valence-electron chi connectivity index (χ0n) is 15.7. The topological polar surface area (TPSA) is 40.9 Å². The lowest BCUT2D eigenvalue weighted by atomic mass is 10.1. The third-order valence-corrected chi connectivity index (χ3v) is 4.69. The number of amides is 1. The van der Waals surface area contributed by atoms with Crippen molar-refractivity contribution in [3.8, 4) is 0 Å². The van der Waals surface area contributed by atoms with Crippen LogP contribution in [0.5, 0.6) is 0 Å². The van der Waals surface area contributed by atoms with Gasteiger partial charge in [0.1, 0.15) is 5.65 Å². The molecule has 5 heteroatoms. The predicted molar refractivity (Wildman–Crippen MR) is 104 cm³/mol. The van der Waals surface area contributed by atoms with Gasteiger partial charge in [-0.3, -0.25) is 4.79 Å². The van der Waals surface area contributed by atoms with Crippen molar-refractivity contribution in [1.29, 1.82) is 0 Å². The van der Waals surface area contributed by atoms with Gasteiger partial charge in [-0.1, -0.05) is 31.2 Å². The molecule has 0 atom stereocenters. The molecule has 2 aromatic heterocycles. The van der Waals surface area contributed by atoms with E-state index < -0.39 is 0 Å². The third-order valence-electron chi connectivity index (χ3n) is 4.69. The first kappa shape index (κ1) is 18.1. The molecule has 0 saturated heterocycles. The highest BCUT2D eigenvalue weighted by Crippen LogP contribution is 2.09. The van der Waals surface area contributed by atoms with Crippen LogP contribution in [0.15, 0.2) is 55.0 Å². The number of pyridine rings is 1. The molecule has 5 nitrogen and oxygen atoms in total. The second-order valence-electron chi connectivity index (χ2n) is 6.74. The SMILES string of the molecule is CCc1ccc(CN(C)CCN(C)C(=O)c2ccn3ccnc3c2)cc1. The minimum atomic E-state index is 0.0243. The van der Waals surface area contributed by atoms with E-state index in [4.69, 9.17) is 0 Å². The summed E-state index contributed by atoms with van der Waals surface area (Å²) >= 11 is 0. The summed E-state index contributed by atoms with van der Waals surface area (Å²) in [7, 11) is 3.94. The lowest BCUT2D eigenvalue weighted by molar-refractivity contribution is 0.0781. The number of carbonyl (C=O) groups excluding carboxylic acids is 1. The Bertz CT molecular complexity index is 869. The molecule has 1 amide bonds. The molecule has 26 heavy (non-hydrogen) atoms. The van der Waals surface area contributed by atoms with E-state index in [2.05, 4.69) is 48.1 Å². The Morgan fingerprint density at radius 1 is 1.04 bits per heavy atom. The molecule has 0 radical (unpaired) electrons. The maximum Gasteiger partial charge on any atom is 0.253 e. The van der Waals surface area contributed by atoms with Crippen LogP contribution in [0.4, 0.5) is 0 Å². The fourth-order valence-corrected chi connectivity index (χ4v) is 2.96. The number of hydrogen-bond acceptors (Lipinski definition) is 3. The first-order valence-corrected chi connectivity index (χ1v) is 9.01. The molecule has 0 spiro atoms. The quantitative estimate of drug-likeness (QED) is 0.657. The van der Waals surface area contributed by atoms with Crippen molar-refractivity contribution in [2.24, 2.45) is 0 Å². The molecule has 0 aliphatic rings. The number of likely N-dealkylation sites (N-methyl/N-ethyl adjacent to an activating group) is 2. The number of benzene rings is 1. The predicted octanol–water partition coefficient (Wildman–Crippen LogP) is 3.10. The van der Waals surface area contributed by atoms with Gasteiger partial charge in [-0.05, 0) is 36.7 Å². The van der Waals surface area contributed by atoms with Gasteiger partial charge in [0.05, 0.1) is 0 Å². The highest BCUT2D eigenvalue weighted by Gasteiger charge is 2.13. The highest BCUT2D eigenvalue weighted by molar-refractivity contribution is 5.94. The number of carbonyl (C=O) groups is 1. The van der Waals surface area contributed by atoms with Gasteiger partial charge >= 0.3 is 0 Å². The van der Waals surface area contributed by atoms with Gasteiger partial charge in [0.25, 0.3) is 5.91 Å². The summed E-state index contributed by atoms with van der Waals surface area (Å²) in [5, 5.41) is 0. The summed E-state index contributed by atoms with van der Waals surface area (Å²) < 4.78 is 1.90. The zero-order valence-corrected chi connectivity index (χ0v) is 15.7. The molecular formula is C21H26N4O. The van der Waals surface area contributed by atoms with E-state index in [9.17, 15) is 4.79 Å². The van der Waals surface area contributed by atoms with Crippen LogP contribution >= 0.6 is 0 Å². The first-order chi connectivity index (χ1) is 12.6. The van der Waals surface area contributed by atoms with Gasteiger partial charge < -0.3 is 14.2 Å². The summed E-state index contributed by atoms with van der Waals surface area (Å²) in [6, 6.07) is 12.4. The third kappa shape index (κ3) is 4.29. The lowest BCUT2D eigenvalue weighted by Gasteiger charge is -2.22. The molecule has 0 unspecified atom stereocenters. The molecule has 3 aromatic rings. The number of aryl methyl sites for hydroxylation is 1. The van der Waals surface area contributed by atoms with Gasteiger partial charge in [-0.15, -0.1) is 0 Å². The van der Waals surface area contributed by atoms with Crippen LogP contribution in [-0.4, -0.2) is 52.3 Å². The van der Waals surface area contributed by atoms with Crippen molar-refractivity contribution in [3.05, 3.63) is 71.7 Å². The normalized spacial score (nSPS) is 11.2. The highest BCUT2D eigenvalue weighted by atomic mass is 16.2. The Morgan fingerprint density at radius 2 is 1.77 bits per heavy atom. The van der Waals surface area contributed by atoms with Crippen LogP contribution in [0.2, 0.25) is 0 Å². The van der Waals surface area contributed by atoms with Gasteiger partial charge in [-0.25, -0.2) is 4.98 Å². The number of imidazole rings is 1. The molecule has 1 aromatic carbocycles. The van der Waals surface area contributed by atoms with Crippen LogP contribution in [0, 0.1) is 0 Å². The largest absolute Gasteiger partial charge is 0.340 e. The minimum absolute atomic E-state index is 0.0243. The van der Waals surface area contributed by atoms with E-state index in [0.717, 1.165) is 25.2 Å². The smallest absolute Gasteiger partial charge is 0.253 e. The van der Waals surface area contributed by atoms with Gasteiger partial charge in [-0.2, -0.15) is 0 Å². The Morgan fingerprint density at radius 3 is 2.50 bits per heavy atom. The van der Waals surface area contributed by atoms with E-state index in [0.29, 0.717) is 12.1 Å². The van der Waals surface area contributed by atoms with Crippen LogP contribution in [0.3, 0.4) is 0 Å². The van der Waals surface area contributed by atoms with Crippen molar-refractivity contribution >= 4 is 11.6 Å². The Labute approximate surface area is 154 Å². The molecule has 136 valence electrons. The summed E-state index contributed by atoms with van der Waals surface area (Å²) in [4.78, 5) is 20.9. The Balaban J connectivity index is 1.53. The van der Waals surface area contributed by atoms with Gasteiger partial charge in [0.15, 0.2) is 0 Å². The lowest BCUT2D eigenvalue weighted by Crippen LogP contribution is -2.34. The maximum absolute atomic E-state index is 12.6. The van der Waals surface area contributed by atoms with Crippen molar-refractivity contribution in [1.82, 2.24) is 19.2 Å². The Hall–Kier alpha value is -2.66. The molecule has 0 bridgehead atoms. The molecule has 0 aliphatic carbocycles. The van der Waals surface area contributed by atoms with Crippen LogP contribution in [-0.2, 0) is 13.0 Å². The fraction of sp³-hybridized carbons (Fsp3) is 0.333. The molecule has 0 N–H and O–H groups in total. The van der Waals surface area contributed by atoms with E-state index >= 15 is 0 Å². The van der Waals surface area contributed by atoms with E-state index in [1.165, 1.54) is 11.1 Å².